The van der Waals surface area contributed by atoms with Crippen molar-refractivity contribution in [3.05, 3.63) is 35.7 Å². The van der Waals surface area contributed by atoms with Gasteiger partial charge >= 0.3 is 6.03 Å². The Morgan fingerprint density at radius 2 is 2.08 bits per heavy atom. The van der Waals surface area contributed by atoms with Crippen LogP contribution in [-0.2, 0) is 6.42 Å². The van der Waals surface area contributed by atoms with Gasteiger partial charge in [0.2, 0.25) is 11.7 Å². The second-order valence-electron chi connectivity index (χ2n) is 6.94. The summed E-state index contributed by atoms with van der Waals surface area (Å²) < 4.78 is 5.49. The molecule has 2 amide bonds. The number of hydrogen-bond acceptors (Lipinski definition) is 4. The topological polar surface area (TPSA) is 62.5 Å². The summed E-state index contributed by atoms with van der Waals surface area (Å²) in [6.45, 7) is 9.19. The first-order valence-electron chi connectivity index (χ1n) is 9.54. The van der Waals surface area contributed by atoms with E-state index in [4.69, 9.17) is 4.52 Å². The van der Waals surface area contributed by atoms with Crippen molar-refractivity contribution in [2.24, 2.45) is 5.92 Å². The van der Waals surface area contributed by atoms with Gasteiger partial charge in [-0.3, -0.25) is 0 Å². The number of aromatic nitrogens is 2. The van der Waals surface area contributed by atoms with Crippen LogP contribution in [0.2, 0.25) is 0 Å². The lowest BCUT2D eigenvalue weighted by atomic mass is 9.95. The van der Waals surface area contributed by atoms with Gasteiger partial charge in [-0.05, 0) is 45.1 Å². The fraction of sp³-hybridized carbons (Fsp3) is 0.550. The lowest BCUT2D eigenvalue weighted by Crippen LogP contribution is -2.47. The molecule has 26 heavy (non-hydrogen) atoms. The zero-order valence-electron chi connectivity index (χ0n) is 15.9. The molecule has 0 bridgehead atoms. The molecule has 1 saturated heterocycles. The molecule has 1 aliphatic rings. The maximum Gasteiger partial charge on any atom is 0.319 e. The van der Waals surface area contributed by atoms with Crippen molar-refractivity contribution in [2.75, 3.05) is 26.2 Å². The minimum Gasteiger partial charge on any atom is -0.339 e. The monoisotopic (exact) mass is 356 g/mol. The quantitative estimate of drug-likeness (QED) is 0.818. The molecule has 3 rings (SSSR count). The molecule has 1 fully saturated rings. The van der Waals surface area contributed by atoms with Gasteiger partial charge < -0.3 is 14.3 Å². The second kappa shape index (κ2) is 8.34. The van der Waals surface area contributed by atoms with E-state index < -0.39 is 0 Å². The van der Waals surface area contributed by atoms with Crippen LogP contribution in [0.15, 0.2) is 28.8 Å². The summed E-state index contributed by atoms with van der Waals surface area (Å²) >= 11 is 0. The fourth-order valence-electron chi connectivity index (χ4n) is 3.62. The first-order chi connectivity index (χ1) is 12.6. The molecule has 0 aliphatic carbocycles. The van der Waals surface area contributed by atoms with Crippen molar-refractivity contribution in [1.82, 2.24) is 19.9 Å². The highest BCUT2D eigenvalue weighted by atomic mass is 16.5. The summed E-state index contributed by atoms with van der Waals surface area (Å²) in [5, 5.41) is 4.15. The van der Waals surface area contributed by atoms with Gasteiger partial charge in [-0.2, -0.15) is 4.98 Å². The molecule has 0 spiro atoms. The average molecular weight is 356 g/mol. The molecule has 6 heteroatoms. The Morgan fingerprint density at radius 3 is 2.81 bits per heavy atom. The largest absolute Gasteiger partial charge is 0.339 e. The average Bonchev–Trinajstić information content (AvgIpc) is 3.11. The van der Waals surface area contributed by atoms with Crippen molar-refractivity contribution in [3.63, 3.8) is 0 Å². The van der Waals surface area contributed by atoms with E-state index in [1.807, 2.05) is 54.8 Å². The van der Waals surface area contributed by atoms with Gasteiger partial charge in [0, 0.05) is 38.2 Å². The van der Waals surface area contributed by atoms with E-state index in [1.54, 1.807) is 0 Å². The van der Waals surface area contributed by atoms with E-state index in [2.05, 4.69) is 10.1 Å². The SMILES string of the molecule is CCN(CC)C(=O)N1CCCC(Cc2nc(-c3ccccc3C)no2)C1. The van der Waals surface area contributed by atoms with Gasteiger partial charge in [-0.15, -0.1) is 0 Å². The number of piperidine rings is 1. The van der Waals surface area contributed by atoms with Crippen LogP contribution in [0.4, 0.5) is 4.79 Å². The molecule has 1 aromatic heterocycles. The number of likely N-dealkylation sites (tertiary alicyclic amines) is 1. The number of carbonyl (C=O) groups excluding carboxylic acids is 1. The van der Waals surface area contributed by atoms with Gasteiger partial charge in [0.05, 0.1) is 0 Å². The number of amides is 2. The Kier molecular flexibility index (Phi) is 5.91. The smallest absolute Gasteiger partial charge is 0.319 e. The zero-order valence-corrected chi connectivity index (χ0v) is 15.9. The number of carbonyl (C=O) groups is 1. The summed E-state index contributed by atoms with van der Waals surface area (Å²) in [5.74, 6) is 1.67. The first kappa shape index (κ1) is 18.4. The maximum atomic E-state index is 12.6. The van der Waals surface area contributed by atoms with Gasteiger partial charge in [-0.1, -0.05) is 29.4 Å². The summed E-state index contributed by atoms with van der Waals surface area (Å²) in [6.07, 6.45) is 2.83. The Labute approximate surface area is 155 Å². The molecule has 140 valence electrons. The van der Waals surface area contributed by atoms with Crippen LogP contribution in [0.1, 0.15) is 38.1 Å². The molecule has 1 aromatic carbocycles. The summed E-state index contributed by atoms with van der Waals surface area (Å²) in [5.41, 5.74) is 2.14. The highest BCUT2D eigenvalue weighted by Gasteiger charge is 2.27. The van der Waals surface area contributed by atoms with Crippen molar-refractivity contribution in [3.8, 4) is 11.4 Å². The number of benzene rings is 1. The molecule has 0 radical (unpaired) electrons. The van der Waals surface area contributed by atoms with Crippen LogP contribution in [0, 0.1) is 12.8 Å². The number of hydrogen-bond donors (Lipinski definition) is 0. The van der Waals surface area contributed by atoms with E-state index in [1.165, 1.54) is 0 Å². The van der Waals surface area contributed by atoms with Gasteiger partial charge in [0.1, 0.15) is 0 Å². The number of rotatable bonds is 5. The van der Waals surface area contributed by atoms with E-state index in [0.29, 0.717) is 17.6 Å². The molecule has 0 saturated carbocycles. The molecule has 0 N–H and O–H groups in total. The fourth-order valence-corrected chi connectivity index (χ4v) is 3.62. The van der Waals surface area contributed by atoms with Crippen molar-refractivity contribution in [2.45, 2.75) is 40.0 Å². The van der Waals surface area contributed by atoms with E-state index in [-0.39, 0.29) is 6.03 Å². The Balaban J connectivity index is 1.64. The molecule has 1 unspecified atom stereocenters. The van der Waals surface area contributed by atoms with Crippen LogP contribution in [0.5, 0.6) is 0 Å². The van der Waals surface area contributed by atoms with Crippen LogP contribution in [0.3, 0.4) is 0 Å². The Bertz CT molecular complexity index is 739. The Hall–Kier alpha value is -2.37. The molecule has 1 aliphatic heterocycles. The van der Waals surface area contributed by atoms with Crippen LogP contribution < -0.4 is 0 Å². The normalized spacial score (nSPS) is 17.3. The summed E-state index contributed by atoms with van der Waals surface area (Å²) in [7, 11) is 0. The standard InChI is InChI=1S/C20H28N4O2/c1-4-23(5-2)20(25)24-12-8-10-16(14-24)13-18-21-19(22-26-18)17-11-7-6-9-15(17)3/h6-7,9,11,16H,4-5,8,10,12-14H2,1-3H3. The van der Waals surface area contributed by atoms with E-state index >= 15 is 0 Å². The lowest BCUT2D eigenvalue weighted by Gasteiger charge is -2.35. The minimum absolute atomic E-state index is 0.144. The van der Waals surface area contributed by atoms with Gasteiger partial charge in [0.15, 0.2) is 0 Å². The molecular weight excluding hydrogens is 328 g/mol. The van der Waals surface area contributed by atoms with Gasteiger partial charge in [-0.25, -0.2) is 4.79 Å². The molecular formula is C20H28N4O2. The Morgan fingerprint density at radius 1 is 1.31 bits per heavy atom. The van der Waals surface area contributed by atoms with Crippen molar-refractivity contribution >= 4 is 6.03 Å². The van der Waals surface area contributed by atoms with Crippen LogP contribution >= 0.6 is 0 Å². The summed E-state index contributed by atoms with van der Waals surface area (Å²) in [6, 6.07) is 8.18. The first-order valence-corrected chi connectivity index (χ1v) is 9.54. The second-order valence-corrected chi connectivity index (χ2v) is 6.94. The highest BCUT2D eigenvalue weighted by Crippen LogP contribution is 2.24. The number of urea groups is 1. The van der Waals surface area contributed by atoms with Gasteiger partial charge in [0.25, 0.3) is 0 Å². The predicted octanol–water partition coefficient (Wildman–Crippen LogP) is 3.76. The third-order valence-electron chi connectivity index (χ3n) is 5.14. The maximum absolute atomic E-state index is 12.6. The van der Waals surface area contributed by atoms with E-state index in [9.17, 15) is 4.79 Å². The third kappa shape index (κ3) is 4.06. The van der Waals surface area contributed by atoms with Crippen LogP contribution in [0.25, 0.3) is 11.4 Å². The van der Waals surface area contributed by atoms with Crippen LogP contribution in [-0.4, -0.2) is 52.2 Å². The van der Waals surface area contributed by atoms with Crippen molar-refractivity contribution < 1.29 is 9.32 Å². The number of nitrogens with zero attached hydrogens (tertiary/aromatic N) is 4. The van der Waals surface area contributed by atoms with Crippen molar-refractivity contribution in [1.29, 1.82) is 0 Å². The third-order valence-corrected chi connectivity index (χ3v) is 5.14. The molecule has 2 heterocycles. The molecule has 1 atom stereocenters. The van der Waals surface area contributed by atoms with E-state index in [0.717, 1.165) is 56.6 Å². The predicted molar refractivity (Wildman–Crippen MR) is 101 cm³/mol. The molecule has 6 nitrogen and oxygen atoms in total. The highest BCUT2D eigenvalue weighted by molar-refractivity contribution is 5.74. The minimum atomic E-state index is 0.144. The number of aryl methyl sites for hydroxylation is 1. The lowest BCUT2D eigenvalue weighted by molar-refractivity contribution is 0.129. The molecule has 2 aromatic rings. The zero-order chi connectivity index (χ0) is 18.5. The summed E-state index contributed by atoms with van der Waals surface area (Å²) in [4.78, 5) is 21.0.